The molecule has 0 saturated carbocycles. The molecule has 1 amide bonds. The highest BCUT2D eigenvalue weighted by molar-refractivity contribution is 5.94. The minimum Gasteiger partial charge on any atom is -0.493 e. The molecule has 1 aliphatic heterocycles. The number of nitrogens with one attached hydrogen (secondary N) is 2. The summed E-state index contributed by atoms with van der Waals surface area (Å²) in [7, 11) is 0. The van der Waals surface area contributed by atoms with E-state index in [0.29, 0.717) is 18.7 Å². The van der Waals surface area contributed by atoms with Gasteiger partial charge in [0.1, 0.15) is 5.75 Å². The van der Waals surface area contributed by atoms with Crippen LogP contribution in [-0.4, -0.2) is 25.6 Å². The van der Waals surface area contributed by atoms with Gasteiger partial charge in [0.25, 0.3) is 5.91 Å². The Morgan fingerprint density at radius 2 is 1.78 bits per heavy atom. The first-order valence-electron chi connectivity index (χ1n) is 11.6. The molecule has 0 aliphatic carbocycles. The van der Waals surface area contributed by atoms with Crippen LogP contribution in [-0.2, 0) is 19.4 Å². The third-order valence-electron chi connectivity index (χ3n) is 5.84. The van der Waals surface area contributed by atoms with Crippen molar-refractivity contribution in [2.75, 3.05) is 19.7 Å². The van der Waals surface area contributed by atoms with Crippen LogP contribution in [0.4, 0.5) is 0 Å². The summed E-state index contributed by atoms with van der Waals surface area (Å²) in [6.45, 7) is 3.24. The van der Waals surface area contributed by atoms with Crippen LogP contribution in [0.5, 0.6) is 5.75 Å². The molecule has 0 atom stereocenters. The summed E-state index contributed by atoms with van der Waals surface area (Å²) in [5.74, 6) is 0.840. The Hall–Kier alpha value is -3.11. The monoisotopic (exact) mass is 428 g/mol. The predicted molar refractivity (Wildman–Crippen MR) is 129 cm³/mol. The van der Waals surface area contributed by atoms with Crippen LogP contribution < -0.4 is 15.4 Å². The van der Waals surface area contributed by atoms with E-state index < -0.39 is 0 Å². The normalized spacial score (nSPS) is 14.5. The molecule has 1 heterocycles. The first-order chi connectivity index (χ1) is 15.8. The minimum absolute atomic E-state index is 0.0407. The van der Waals surface area contributed by atoms with Crippen LogP contribution in [0.3, 0.4) is 0 Å². The molecular formula is C28H32N2O2. The Balaban J connectivity index is 1.49. The van der Waals surface area contributed by atoms with Gasteiger partial charge in [-0.25, -0.2) is 0 Å². The molecule has 0 aromatic heterocycles. The van der Waals surface area contributed by atoms with E-state index in [0.717, 1.165) is 56.5 Å². The first kappa shape index (κ1) is 22.1. The number of carbonyl (C=O) groups excluding carboxylic acids is 1. The molecule has 4 nitrogen and oxygen atoms in total. The van der Waals surface area contributed by atoms with Crippen molar-refractivity contribution < 1.29 is 9.53 Å². The summed E-state index contributed by atoms with van der Waals surface area (Å²) < 4.78 is 6.13. The summed E-state index contributed by atoms with van der Waals surface area (Å²) in [4.78, 5) is 12.8. The van der Waals surface area contributed by atoms with E-state index >= 15 is 0 Å². The molecule has 166 valence electrons. The maximum Gasteiger partial charge on any atom is 0.251 e. The topological polar surface area (TPSA) is 50.4 Å². The van der Waals surface area contributed by atoms with Crippen molar-refractivity contribution in [1.82, 2.24) is 10.6 Å². The summed E-state index contributed by atoms with van der Waals surface area (Å²) in [6.07, 6.45) is 4.90. The smallest absolute Gasteiger partial charge is 0.251 e. The van der Waals surface area contributed by atoms with Gasteiger partial charge in [-0.2, -0.15) is 0 Å². The fraction of sp³-hybridized carbons (Fsp3) is 0.321. The van der Waals surface area contributed by atoms with Crippen LogP contribution in [0.2, 0.25) is 0 Å². The average Bonchev–Trinajstić information content (AvgIpc) is 2.82. The van der Waals surface area contributed by atoms with Crippen LogP contribution in [0, 0.1) is 0 Å². The second-order valence-electron chi connectivity index (χ2n) is 8.40. The Kier molecular flexibility index (Phi) is 7.94. The number of benzene rings is 3. The van der Waals surface area contributed by atoms with E-state index in [4.69, 9.17) is 4.74 Å². The van der Waals surface area contributed by atoms with Gasteiger partial charge in [-0.1, -0.05) is 54.6 Å². The average molecular weight is 429 g/mol. The van der Waals surface area contributed by atoms with E-state index in [1.807, 2.05) is 36.4 Å². The van der Waals surface area contributed by atoms with Crippen LogP contribution in [0.15, 0.2) is 72.8 Å². The van der Waals surface area contributed by atoms with Crippen LogP contribution >= 0.6 is 0 Å². The van der Waals surface area contributed by atoms with E-state index in [1.54, 1.807) is 0 Å². The molecule has 0 radical (unpaired) electrons. The zero-order valence-electron chi connectivity index (χ0n) is 18.6. The Morgan fingerprint density at radius 1 is 0.906 bits per heavy atom. The van der Waals surface area contributed by atoms with Crippen molar-refractivity contribution in [3.63, 3.8) is 0 Å². The number of hydrogen-bond donors (Lipinski definition) is 2. The highest BCUT2D eigenvalue weighted by Gasteiger charge is 2.12. The van der Waals surface area contributed by atoms with Crippen molar-refractivity contribution >= 4 is 5.91 Å². The molecule has 2 N–H and O–H groups in total. The zero-order valence-corrected chi connectivity index (χ0v) is 18.6. The Morgan fingerprint density at radius 3 is 2.69 bits per heavy atom. The van der Waals surface area contributed by atoms with Crippen LogP contribution in [0.25, 0.3) is 0 Å². The predicted octanol–water partition coefficient (Wildman–Crippen LogP) is 4.90. The summed E-state index contributed by atoms with van der Waals surface area (Å²) in [6, 6.07) is 24.7. The van der Waals surface area contributed by atoms with Gasteiger partial charge >= 0.3 is 0 Å². The summed E-state index contributed by atoms with van der Waals surface area (Å²) in [5, 5.41) is 6.58. The summed E-state index contributed by atoms with van der Waals surface area (Å²) >= 11 is 0. The van der Waals surface area contributed by atoms with Crippen molar-refractivity contribution in [2.45, 2.75) is 38.6 Å². The van der Waals surface area contributed by atoms with Gasteiger partial charge in [0.2, 0.25) is 0 Å². The molecule has 0 unspecified atom stereocenters. The molecule has 32 heavy (non-hydrogen) atoms. The lowest BCUT2D eigenvalue weighted by atomic mass is 9.99. The number of carbonyl (C=O) groups is 1. The molecule has 4 heteroatoms. The quantitative estimate of drug-likeness (QED) is 0.621. The molecule has 3 aromatic carbocycles. The molecule has 0 saturated heterocycles. The van der Waals surface area contributed by atoms with Gasteiger partial charge in [-0.05, 0) is 72.7 Å². The second kappa shape index (κ2) is 11.5. The number of fused-ring (bicyclic) bond motifs is 3. The zero-order chi connectivity index (χ0) is 22.0. The number of ether oxygens (including phenoxy) is 1. The minimum atomic E-state index is -0.0407. The van der Waals surface area contributed by atoms with Crippen molar-refractivity contribution in [2.24, 2.45) is 0 Å². The van der Waals surface area contributed by atoms with E-state index in [2.05, 4.69) is 47.0 Å². The van der Waals surface area contributed by atoms with E-state index in [-0.39, 0.29) is 5.91 Å². The molecule has 2 bridgehead atoms. The fourth-order valence-electron chi connectivity index (χ4n) is 4.08. The van der Waals surface area contributed by atoms with E-state index in [1.165, 1.54) is 16.7 Å². The molecular weight excluding hydrogens is 396 g/mol. The number of hydrogen-bond acceptors (Lipinski definition) is 3. The lowest BCUT2D eigenvalue weighted by molar-refractivity contribution is 0.0954. The lowest BCUT2D eigenvalue weighted by Gasteiger charge is -2.15. The highest BCUT2D eigenvalue weighted by Crippen LogP contribution is 2.25. The van der Waals surface area contributed by atoms with Gasteiger partial charge in [-0.3, -0.25) is 4.79 Å². The molecule has 0 spiro atoms. The van der Waals surface area contributed by atoms with Gasteiger partial charge in [0, 0.05) is 25.1 Å². The van der Waals surface area contributed by atoms with Crippen molar-refractivity contribution in [1.29, 1.82) is 0 Å². The largest absolute Gasteiger partial charge is 0.493 e. The molecule has 1 aliphatic rings. The maximum absolute atomic E-state index is 12.8. The lowest BCUT2D eigenvalue weighted by Crippen LogP contribution is -2.25. The molecule has 0 fully saturated rings. The Labute approximate surface area is 191 Å². The first-order valence-corrected chi connectivity index (χ1v) is 11.6. The highest BCUT2D eigenvalue weighted by atomic mass is 16.5. The molecule has 3 aromatic rings. The third-order valence-corrected chi connectivity index (χ3v) is 5.84. The van der Waals surface area contributed by atoms with E-state index in [9.17, 15) is 4.79 Å². The van der Waals surface area contributed by atoms with Crippen molar-refractivity contribution in [3.8, 4) is 5.75 Å². The van der Waals surface area contributed by atoms with Gasteiger partial charge in [-0.15, -0.1) is 0 Å². The third kappa shape index (κ3) is 6.44. The van der Waals surface area contributed by atoms with Crippen LogP contribution in [0.1, 0.15) is 51.9 Å². The number of rotatable bonds is 4. The maximum atomic E-state index is 12.8. The van der Waals surface area contributed by atoms with Gasteiger partial charge < -0.3 is 15.4 Å². The SMILES string of the molecule is O=C(NCCc1ccccc1)c1ccc2c(c1)Cc1cccc(c1)CNCCCCCO2. The van der Waals surface area contributed by atoms with Gasteiger partial charge in [0.15, 0.2) is 0 Å². The fourth-order valence-corrected chi connectivity index (χ4v) is 4.08. The number of amides is 1. The molecule has 4 rings (SSSR count). The Bertz CT molecular complexity index is 1020. The second-order valence-corrected chi connectivity index (χ2v) is 8.40. The van der Waals surface area contributed by atoms with Crippen molar-refractivity contribution in [3.05, 3.63) is 101 Å². The standard InChI is InChI=1S/C28H32N2O2/c31-28(30-16-14-22-8-3-1-4-9-22)25-12-13-27-26(20-25)19-23-10-7-11-24(18-23)21-29-15-5-2-6-17-32-27/h1,3-4,7-13,18,20,29H,2,5-6,14-17,19,21H2,(H,30,31). The van der Waals surface area contributed by atoms with Gasteiger partial charge in [0.05, 0.1) is 6.61 Å². The summed E-state index contributed by atoms with van der Waals surface area (Å²) in [5.41, 5.74) is 5.48.